The summed E-state index contributed by atoms with van der Waals surface area (Å²) >= 11 is 0. The Balaban J connectivity index is 2.35. The lowest BCUT2D eigenvalue weighted by Gasteiger charge is -2.32. The molecule has 102 valence electrons. The highest BCUT2D eigenvalue weighted by Crippen LogP contribution is 2.36. The second-order valence-corrected chi connectivity index (χ2v) is 5.60. The van der Waals surface area contributed by atoms with E-state index in [0.717, 1.165) is 12.1 Å². The van der Waals surface area contributed by atoms with Crippen molar-refractivity contribution in [1.29, 1.82) is 0 Å². The van der Waals surface area contributed by atoms with E-state index < -0.39 is 35.7 Å². The van der Waals surface area contributed by atoms with Gasteiger partial charge in [-0.1, -0.05) is 6.07 Å². The Hall–Kier alpha value is -1.27. The normalized spacial score (nSPS) is 20.6. The second kappa shape index (κ2) is 4.39. The minimum Gasteiger partial charge on any atom is -0.399 e. The molecule has 1 aromatic carbocycles. The molecule has 0 amide bonds. The molecule has 1 aromatic rings. The van der Waals surface area contributed by atoms with Crippen LogP contribution >= 0.6 is 0 Å². The fraction of sp³-hybridized carbons (Fsp3) is 0.462. The summed E-state index contributed by atoms with van der Waals surface area (Å²) in [5.41, 5.74) is -1.29. The van der Waals surface area contributed by atoms with Crippen molar-refractivity contribution in [2.75, 3.05) is 0 Å². The fourth-order valence-electron chi connectivity index (χ4n) is 1.82. The first-order chi connectivity index (χ1) is 8.64. The largest absolute Gasteiger partial charge is 0.494 e. The Bertz CT molecular complexity index is 513. The summed E-state index contributed by atoms with van der Waals surface area (Å²) in [6.07, 6.45) is 0. The highest BCUT2D eigenvalue weighted by molar-refractivity contribution is 6.62. The number of benzene rings is 1. The van der Waals surface area contributed by atoms with Gasteiger partial charge in [-0.25, -0.2) is 4.39 Å². The van der Waals surface area contributed by atoms with Crippen molar-refractivity contribution >= 4 is 18.6 Å². The van der Waals surface area contributed by atoms with E-state index >= 15 is 0 Å². The number of carbonyl (C=O) groups is 1. The predicted octanol–water partition coefficient (Wildman–Crippen LogP) is 2.23. The van der Waals surface area contributed by atoms with Gasteiger partial charge in [0.05, 0.1) is 16.8 Å². The van der Waals surface area contributed by atoms with Crippen LogP contribution in [0.15, 0.2) is 18.2 Å². The molecule has 0 bridgehead atoms. The Morgan fingerprint density at radius 3 is 2.16 bits per heavy atom. The molecule has 6 heteroatoms. The molecule has 0 aromatic heterocycles. The smallest absolute Gasteiger partial charge is 0.399 e. The van der Waals surface area contributed by atoms with Crippen molar-refractivity contribution < 1.29 is 22.9 Å². The molecular formula is C13H15BF2O3. The Kier molecular flexibility index (Phi) is 3.27. The molecule has 1 aliphatic heterocycles. The van der Waals surface area contributed by atoms with Gasteiger partial charge in [0.1, 0.15) is 5.82 Å². The van der Waals surface area contributed by atoms with Crippen LogP contribution in [-0.2, 0) is 9.31 Å². The first-order valence-corrected chi connectivity index (χ1v) is 5.99. The Morgan fingerprint density at radius 1 is 1.16 bits per heavy atom. The molecule has 0 atom stereocenters. The van der Waals surface area contributed by atoms with Gasteiger partial charge in [0.15, 0.2) is 0 Å². The van der Waals surface area contributed by atoms with Crippen LogP contribution in [0, 0.1) is 5.82 Å². The number of carbonyl (C=O) groups excluding carboxylic acids is 1. The second-order valence-electron chi connectivity index (χ2n) is 5.60. The molecule has 0 spiro atoms. The SMILES string of the molecule is CC1(C)OB(c2ccc(F)c(C(=O)F)c2)OC1(C)C. The molecule has 3 nitrogen and oxygen atoms in total. The van der Waals surface area contributed by atoms with Crippen LogP contribution in [-0.4, -0.2) is 24.4 Å². The van der Waals surface area contributed by atoms with Crippen molar-refractivity contribution in [3.8, 4) is 0 Å². The molecule has 19 heavy (non-hydrogen) atoms. The number of hydrogen-bond acceptors (Lipinski definition) is 3. The average Bonchev–Trinajstić information content (AvgIpc) is 2.48. The van der Waals surface area contributed by atoms with E-state index in [9.17, 15) is 13.6 Å². The average molecular weight is 268 g/mol. The summed E-state index contributed by atoms with van der Waals surface area (Å²) < 4.78 is 37.5. The maximum Gasteiger partial charge on any atom is 0.494 e. The molecule has 1 saturated heterocycles. The fourth-order valence-corrected chi connectivity index (χ4v) is 1.82. The lowest BCUT2D eigenvalue weighted by Crippen LogP contribution is -2.41. The molecule has 0 aliphatic carbocycles. The molecule has 0 N–H and O–H groups in total. The van der Waals surface area contributed by atoms with E-state index in [1.54, 1.807) is 0 Å². The van der Waals surface area contributed by atoms with Gasteiger partial charge in [0, 0.05) is 0 Å². The lowest BCUT2D eigenvalue weighted by atomic mass is 9.78. The third-order valence-electron chi connectivity index (χ3n) is 3.73. The molecule has 0 saturated carbocycles. The van der Waals surface area contributed by atoms with Crippen LogP contribution in [0.1, 0.15) is 38.1 Å². The predicted molar refractivity (Wildman–Crippen MR) is 67.6 cm³/mol. The monoisotopic (exact) mass is 268 g/mol. The maximum absolute atomic E-state index is 13.3. The molecule has 1 aliphatic rings. The van der Waals surface area contributed by atoms with Crippen molar-refractivity contribution in [1.82, 2.24) is 0 Å². The van der Waals surface area contributed by atoms with Crippen LogP contribution in [0.3, 0.4) is 0 Å². The van der Waals surface area contributed by atoms with E-state index in [4.69, 9.17) is 9.31 Å². The quantitative estimate of drug-likeness (QED) is 0.609. The third kappa shape index (κ3) is 2.42. The zero-order chi connectivity index (χ0) is 14.4. The van der Waals surface area contributed by atoms with Gasteiger partial charge in [0.25, 0.3) is 0 Å². The van der Waals surface area contributed by atoms with Crippen LogP contribution in [0.4, 0.5) is 8.78 Å². The van der Waals surface area contributed by atoms with Gasteiger partial charge >= 0.3 is 13.2 Å². The molecule has 2 rings (SSSR count). The minimum atomic E-state index is -1.81. The molecule has 0 unspecified atom stereocenters. The van der Waals surface area contributed by atoms with Crippen molar-refractivity contribution in [3.63, 3.8) is 0 Å². The van der Waals surface area contributed by atoms with E-state index in [1.165, 1.54) is 6.07 Å². The third-order valence-corrected chi connectivity index (χ3v) is 3.73. The molecular weight excluding hydrogens is 253 g/mol. The molecule has 1 fully saturated rings. The van der Waals surface area contributed by atoms with Gasteiger partial charge in [-0.05, 0) is 45.3 Å². The Morgan fingerprint density at radius 2 is 1.68 bits per heavy atom. The van der Waals surface area contributed by atoms with Crippen LogP contribution < -0.4 is 5.46 Å². The van der Waals surface area contributed by atoms with Crippen LogP contribution in [0.5, 0.6) is 0 Å². The standard InChI is InChI=1S/C13H15BF2O3/c1-12(2)13(3,4)19-14(18-12)8-5-6-10(15)9(7-8)11(16)17/h5-7H,1-4H3. The first kappa shape index (κ1) is 14.2. The van der Waals surface area contributed by atoms with Crippen molar-refractivity contribution in [2.24, 2.45) is 0 Å². The van der Waals surface area contributed by atoms with Gasteiger partial charge in [0.2, 0.25) is 0 Å². The summed E-state index contributed by atoms with van der Waals surface area (Å²) in [7, 11) is -0.747. The van der Waals surface area contributed by atoms with E-state index in [2.05, 4.69) is 0 Å². The van der Waals surface area contributed by atoms with Gasteiger partial charge in [-0.15, -0.1) is 0 Å². The van der Waals surface area contributed by atoms with E-state index in [-0.39, 0.29) is 0 Å². The van der Waals surface area contributed by atoms with E-state index in [0.29, 0.717) is 5.46 Å². The van der Waals surface area contributed by atoms with Crippen LogP contribution in [0.2, 0.25) is 0 Å². The lowest BCUT2D eigenvalue weighted by molar-refractivity contribution is 0.00578. The summed E-state index contributed by atoms with van der Waals surface area (Å²) in [5, 5.41) is 0. The first-order valence-electron chi connectivity index (χ1n) is 5.99. The number of hydrogen-bond donors (Lipinski definition) is 0. The summed E-state index contributed by atoms with van der Waals surface area (Å²) in [6, 6.07) is 1.77. The summed E-state index contributed by atoms with van der Waals surface area (Å²) in [6.45, 7) is 7.49. The van der Waals surface area contributed by atoms with Crippen molar-refractivity contribution in [2.45, 2.75) is 38.9 Å². The van der Waals surface area contributed by atoms with E-state index in [1.807, 2.05) is 27.7 Å². The number of halogens is 2. The zero-order valence-corrected chi connectivity index (χ0v) is 11.3. The van der Waals surface area contributed by atoms with Gasteiger partial charge in [-0.3, -0.25) is 4.79 Å². The summed E-state index contributed by atoms with van der Waals surface area (Å²) in [4.78, 5) is 10.7. The molecule has 0 radical (unpaired) electrons. The van der Waals surface area contributed by atoms with Crippen molar-refractivity contribution in [3.05, 3.63) is 29.6 Å². The number of rotatable bonds is 2. The molecule has 1 heterocycles. The Labute approximate surface area is 111 Å². The maximum atomic E-state index is 13.3. The highest BCUT2D eigenvalue weighted by Gasteiger charge is 2.51. The van der Waals surface area contributed by atoms with Gasteiger partial charge < -0.3 is 9.31 Å². The zero-order valence-electron chi connectivity index (χ0n) is 11.3. The van der Waals surface area contributed by atoms with Gasteiger partial charge in [-0.2, -0.15) is 4.39 Å². The topological polar surface area (TPSA) is 35.5 Å². The highest BCUT2D eigenvalue weighted by atomic mass is 19.1. The summed E-state index contributed by atoms with van der Waals surface area (Å²) in [5.74, 6) is -0.896. The van der Waals surface area contributed by atoms with Crippen LogP contribution in [0.25, 0.3) is 0 Å². The minimum absolute atomic E-state index is 0.418.